The summed E-state index contributed by atoms with van der Waals surface area (Å²) in [4.78, 5) is 20.9. The second-order valence-corrected chi connectivity index (χ2v) is 6.04. The van der Waals surface area contributed by atoms with E-state index < -0.39 is 0 Å². The third kappa shape index (κ3) is 4.26. The largest absolute Gasteiger partial charge is 0.370 e. The van der Waals surface area contributed by atoms with E-state index in [4.69, 9.17) is 4.52 Å². The second-order valence-electron chi connectivity index (χ2n) is 6.04. The van der Waals surface area contributed by atoms with Gasteiger partial charge in [-0.15, -0.1) is 0 Å². The number of rotatable bonds is 7. The van der Waals surface area contributed by atoms with Gasteiger partial charge in [-0.25, -0.2) is 9.97 Å². The Hall–Kier alpha value is -2.64. The molecule has 0 saturated heterocycles. The van der Waals surface area contributed by atoms with Gasteiger partial charge in [-0.2, -0.15) is 0 Å². The zero-order chi connectivity index (χ0) is 17.6. The molecule has 0 fully saturated rings. The maximum atomic E-state index is 12.3. The van der Waals surface area contributed by atoms with Crippen molar-refractivity contribution in [2.75, 3.05) is 30.3 Å². The highest BCUT2D eigenvalue weighted by molar-refractivity contribution is 5.93. The van der Waals surface area contributed by atoms with Crippen molar-refractivity contribution in [2.45, 2.75) is 39.5 Å². The maximum Gasteiger partial charge on any atom is 0.273 e. The highest BCUT2D eigenvalue weighted by Gasteiger charge is 2.23. The van der Waals surface area contributed by atoms with Crippen molar-refractivity contribution >= 4 is 17.5 Å². The Labute approximate surface area is 146 Å². The third-order valence-electron chi connectivity index (χ3n) is 4.08. The molecule has 0 atom stereocenters. The molecule has 2 heterocycles. The summed E-state index contributed by atoms with van der Waals surface area (Å²) >= 11 is 0. The summed E-state index contributed by atoms with van der Waals surface area (Å²) < 4.78 is 5.28. The van der Waals surface area contributed by atoms with Crippen LogP contribution in [0.25, 0.3) is 0 Å². The van der Waals surface area contributed by atoms with Crippen LogP contribution in [-0.2, 0) is 12.8 Å². The molecular weight excluding hydrogens is 320 g/mol. The molecule has 3 rings (SSSR count). The quantitative estimate of drug-likeness (QED) is 0.659. The SMILES string of the molecule is CCNc1cc(NCCNC(=O)c2noc3c2CCCC3)nc(C)n1. The number of anilines is 2. The molecule has 134 valence electrons. The summed E-state index contributed by atoms with van der Waals surface area (Å²) in [5, 5.41) is 13.2. The summed E-state index contributed by atoms with van der Waals surface area (Å²) in [6.07, 6.45) is 3.92. The number of nitrogens with zero attached hydrogens (tertiary/aromatic N) is 3. The zero-order valence-electron chi connectivity index (χ0n) is 14.7. The molecule has 0 radical (unpaired) electrons. The number of amides is 1. The first-order valence-electron chi connectivity index (χ1n) is 8.76. The predicted octanol–water partition coefficient (Wildman–Crippen LogP) is 1.93. The first kappa shape index (κ1) is 17.2. The second kappa shape index (κ2) is 7.96. The lowest BCUT2D eigenvalue weighted by molar-refractivity contribution is 0.0945. The van der Waals surface area contributed by atoms with E-state index in [0.29, 0.717) is 24.6 Å². The van der Waals surface area contributed by atoms with Gasteiger partial charge in [0.1, 0.15) is 23.2 Å². The molecule has 3 N–H and O–H groups in total. The van der Waals surface area contributed by atoms with Gasteiger partial charge in [0.25, 0.3) is 5.91 Å². The first-order valence-corrected chi connectivity index (χ1v) is 8.76. The van der Waals surface area contributed by atoms with Crippen LogP contribution in [0.3, 0.4) is 0 Å². The Balaban J connectivity index is 1.50. The van der Waals surface area contributed by atoms with E-state index in [0.717, 1.165) is 55.2 Å². The molecule has 0 unspecified atom stereocenters. The Morgan fingerprint density at radius 3 is 2.72 bits per heavy atom. The van der Waals surface area contributed by atoms with Crippen LogP contribution < -0.4 is 16.0 Å². The van der Waals surface area contributed by atoms with Crippen molar-refractivity contribution < 1.29 is 9.32 Å². The van der Waals surface area contributed by atoms with Crippen molar-refractivity contribution in [3.8, 4) is 0 Å². The van der Waals surface area contributed by atoms with E-state index in [1.807, 2.05) is 19.9 Å². The number of aromatic nitrogens is 3. The predicted molar refractivity (Wildman–Crippen MR) is 94.9 cm³/mol. The molecule has 8 heteroatoms. The smallest absolute Gasteiger partial charge is 0.273 e. The van der Waals surface area contributed by atoms with Gasteiger partial charge >= 0.3 is 0 Å². The van der Waals surface area contributed by atoms with Gasteiger partial charge in [0, 0.05) is 37.7 Å². The third-order valence-corrected chi connectivity index (χ3v) is 4.08. The van der Waals surface area contributed by atoms with Gasteiger partial charge < -0.3 is 20.5 Å². The van der Waals surface area contributed by atoms with Crippen LogP contribution in [0.15, 0.2) is 10.6 Å². The Morgan fingerprint density at radius 2 is 1.92 bits per heavy atom. The number of hydrogen-bond acceptors (Lipinski definition) is 7. The number of nitrogens with one attached hydrogen (secondary N) is 3. The van der Waals surface area contributed by atoms with Crippen molar-refractivity contribution in [3.63, 3.8) is 0 Å². The van der Waals surface area contributed by atoms with Gasteiger partial charge in [-0.3, -0.25) is 4.79 Å². The molecule has 0 bridgehead atoms. The molecule has 1 amide bonds. The van der Waals surface area contributed by atoms with Crippen molar-refractivity contribution in [1.29, 1.82) is 0 Å². The lowest BCUT2D eigenvalue weighted by atomic mass is 9.96. The first-order chi connectivity index (χ1) is 12.2. The van der Waals surface area contributed by atoms with Gasteiger partial charge in [0.15, 0.2) is 5.69 Å². The van der Waals surface area contributed by atoms with Crippen LogP contribution >= 0.6 is 0 Å². The molecule has 25 heavy (non-hydrogen) atoms. The molecule has 0 spiro atoms. The topological polar surface area (TPSA) is 105 Å². The highest BCUT2D eigenvalue weighted by atomic mass is 16.5. The van der Waals surface area contributed by atoms with Gasteiger partial charge in [0.2, 0.25) is 0 Å². The standard InChI is InChI=1S/C17H24N6O2/c1-3-18-14-10-15(22-11(2)21-14)19-8-9-20-17(24)16-12-6-4-5-7-13(12)25-23-16/h10H,3-9H2,1-2H3,(H,20,24)(H2,18,19,21,22). The Kier molecular flexibility index (Phi) is 5.47. The van der Waals surface area contributed by atoms with Crippen LogP contribution in [0.5, 0.6) is 0 Å². The molecule has 8 nitrogen and oxygen atoms in total. The lowest BCUT2D eigenvalue weighted by Gasteiger charge is -2.11. The van der Waals surface area contributed by atoms with Crippen LogP contribution in [0.2, 0.25) is 0 Å². The molecular formula is C17H24N6O2. The van der Waals surface area contributed by atoms with Crippen molar-refractivity contribution in [1.82, 2.24) is 20.4 Å². The van der Waals surface area contributed by atoms with Gasteiger partial charge in [0.05, 0.1) is 0 Å². The maximum absolute atomic E-state index is 12.3. The molecule has 2 aromatic heterocycles. The van der Waals surface area contributed by atoms with E-state index in [2.05, 4.69) is 31.1 Å². The average Bonchev–Trinajstić information content (AvgIpc) is 3.02. The summed E-state index contributed by atoms with van der Waals surface area (Å²) in [6.45, 7) is 5.70. The average molecular weight is 344 g/mol. The van der Waals surface area contributed by atoms with E-state index in [1.54, 1.807) is 0 Å². The van der Waals surface area contributed by atoms with Gasteiger partial charge in [-0.1, -0.05) is 5.16 Å². The summed E-state index contributed by atoms with van der Waals surface area (Å²) in [5.74, 6) is 2.90. The summed E-state index contributed by atoms with van der Waals surface area (Å²) in [7, 11) is 0. The van der Waals surface area contributed by atoms with E-state index >= 15 is 0 Å². The van der Waals surface area contributed by atoms with Gasteiger partial charge in [-0.05, 0) is 33.1 Å². The van der Waals surface area contributed by atoms with E-state index in [1.165, 1.54) is 0 Å². The van der Waals surface area contributed by atoms with Crippen LogP contribution in [0, 0.1) is 6.92 Å². The lowest BCUT2D eigenvalue weighted by Crippen LogP contribution is -2.30. The fourth-order valence-electron chi connectivity index (χ4n) is 2.94. The van der Waals surface area contributed by atoms with Crippen molar-refractivity contribution in [2.24, 2.45) is 0 Å². The minimum Gasteiger partial charge on any atom is -0.370 e. The summed E-state index contributed by atoms with van der Waals surface area (Å²) in [5.41, 5.74) is 1.40. The fourth-order valence-corrected chi connectivity index (χ4v) is 2.94. The normalized spacial score (nSPS) is 13.2. The Morgan fingerprint density at radius 1 is 1.16 bits per heavy atom. The molecule has 0 aliphatic heterocycles. The summed E-state index contributed by atoms with van der Waals surface area (Å²) in [6, 6.07) is 1.85. The fraction of sp³-hybridized carbons (Fsp3) is 0.529. The van der Waals surface area contributed by atoms with E-state index in [-0.39, 0.29) is 5.91 Å². The molecule has 0 saturated carbocycles. The minimum atomic E-state index is -0.180. The van der Waals surface area contributed by atoms with Crippen LogP contribution in [0.1, 0.15) is 47.4 Å². The molecule has 1 aliphatic rings. The molecule has 2 aromatic rings. The number of aryl methyl sites for hydroxylation is 2. The monoisotopic (exact) mass is 344 g/mol. The van der Waals surface area contributed by atoms with Crippen LogP contribution in [0.4, 0.5) is 11.6 Å². The number of fused-ring (bicyclic) bond motifs is 1. The number of carbonyl (C=O) groups excluding carboxylic acids is 1. The van der Waals surface area contributed by atoms with Crippen molar-refractivity contribution in [3.05, 3.63) is 28.9 Å². The minimum absolute atomic E-state index is 0.180. The van der Waals surface area contributed by atoms with Crippen LogP contribution in [-0.4, -0.2) is 40.7 Å². The number of carbonyl (C=O) groups is 1. The molecule has 1 aliphatic carbocycles. The highest BCUT2D eigenvalue weighted by Crippen LogP contribution is 2.23. The number of hydrogen-bond donors (Lipinski definition) is 3. The Bertz CT molecular complexity index is 743. The van der Waals surface area contributed by atoms with E-state index in [9.17, 15) is 4.79 Å². The zero-order valence-corrected chi connectivity index (χ0v) is 14.7. The molecule has 0 aromatic carbocycles.